The van der Waals surface area contributed by atoms with Crippen molar-refractivity contribution in [1.29, 1.82) is 0 Å². The van der Waals surface area contributed by atoms with Gasteiger partial charge in [-0.25, -0.2) is 4.79 Å². The van der Waals surface area contributed by atoms with E-state index < -0.39 is 22.8 Å². The Morgan fingerprint density at radius 1 is 1.00 bits per heavy atom. The van der Waals surface area contributed by atoms with Gasteiger partial charge in [0.25, 0.3) is 17.5 Å². The summed E-state index contributed by atoms with van der Waals surface area (Å²) in [6.45, 7) is 5.52. The molecule has 0 bridgehead atoms. The third-order valence-corrected chi connectivity index (χ3v) is 5.77. The molecule has 2 heterocycles. The summed E-state index contributed by atoms with van der Waals surface area (Å²) in [5, 5.41) is 13.3. The molecular weight excluding hydrogens is 436 g/mol. The number of nitrogens with zero attached hydrogens (tertiary/aromatic N) is 3. The van der Waals surface area contributed by atoms with Crippen molar-refractivity contribution < 1.29 is 19.3 Å². The summed E-state index contributed by atoms with van der Waals surface area (Å²) >= 11 is 0. The molecule has 9 heteroatoms. The summed E-state index contributed by atoms with van der Waals surface area (Å²) in [4.78, 5) is 49.6. The van der Waals surface area contributed by atoms with Gasteiger partial charge in [0.05, 0.1) is 11.5 Å². The van der Waals surface area contributed by atoms with Crippen molar-refractivity contribution >= 4 is 29.6 Å². The number of carbonyl (C=O) groups is 3. The molecule has 34 heavy (non-hydrogen) atoms. The van der Waals surface area contributed by atoms with Gasteiger partial charge in [-0.1, -0.05) is 30.3 Å². The van der Waals surface area contributed by atoms with E-state index in [4.69, 9.17) is 0 Å². The topological polar surface area (TPSA) is 115 Å². The number of hydrogen-bond acceptors (Lipinski definition) is 5. The standard InChI is InChI=1S/C25H22N4O5/c1-15-11-20(29(33)34)9-10-22(15)28-16(2)12-19(17(28)3)13-21-23(30)26-25(32)27(24(21)31)14-18-7-5-4-6-8-18/h4-13H,14H2,1-3H3,(H,26,30,32)/b21-13+. The number of urea groups is 1. The molecule has 1 N–H and O–H groups in total. The van der Waals surface area contributed by atoms with Crippen molar-refractivity contribution in [2.45, 2.75) is 27.3 Å². The molecule has 2 aromatic carbocycles. The summed E-state index contributed by atoms with van der Waals surface area (Å²) in [7, 11) is 0. The number of benzene rings is 2. The molecule has 1 saturated heterocycles. The Balaban J connectivity index is 1.71. The lowest BCUT2D eigenvalue weighted by molar-refractivity contribution is -0.384. The predicted octanol–water partition coefficient (Wildman–Crippen LogP) is 3.97. The zero-order valence-corrected chi connectivity index (χ0v) is 18.9. The van der Waals surface area contributed by atoms with E-state index in [1.54, 1.807) is 37.3 Å². The van der Waals surface area contributed by atoms with E-state index in [1.807, 2.05) is 30.5 Å². The van der Waals surface area contributed by atoms with Gasteiger partial charge in [-0.05, 0) is 55.7 Å². The highest BCUT2D eigenvalue weighted by molar-refractivity contribution is 6.31. The molecule has 0 unspecified atom stereocenters. The summed E-state index contributed by atoms with van der Waals surface area (Å²) in [6.07, 6.45) is 1.47. The van der Waals surface area contributed by atoms with E-state index in [0.29, 0.717) is 11.1 Å². The second kappa shape index (κ2) is 8.78. The van der Waals surface area contributed by atoms with Crippen molar-refractivity contribution in [3.63, 3.8) is 0 Å². The third-order valence-electron chi connectivity index (χ3n) is 5.77. The number of nitrogens with one attached hydrogen (secondary N) is 1. The van der Waals surface area contributed by atoms with Crippen LogP contribution in [0.3, 0.4) is 0 Å². The lowest BCUT2D eigenvalue weighted by Gasteiger charge is -2.26. The van der Waals surface area contributed by atoms with E-state index in [1.165, 1.54) is 18.2 Å². The number of barbiturate groups is 1. The Bertz CT molecular complexity index is 1370. The molecule has 3 aromatic rings. The van der Waals surface area contributed by atoms with Crippen LogP contribution >= 0.6 is 0 Å². The average Bonchev–Trinajstić information content (AvgIpc) is 3.07. The van der Waals surface area contributed by atoms with Gasteiger partial charge in [0.1, 0.15) is 5.57 Å². The molecule has 0 aliphatic carbocycles. The van der Waals surface area contributed by atoms with Crippen molar-refractivity contribution in [2.24, 2.45) is 0 Å². The first kappa shape index (κ1) is 22.7. The van der Waals surface area contributed by atoms with Crippen LogP contribution in [0.25, 0.3) is 11.8 Å². The zero-order chi connectivity index (χ0) is 24.6. The molecule has 1 aliphatic rings. The summed E-state index contributed by atoms with van der Waals surface area (Å²) < 4.78 is 1.91. The minimum absolute atomic E-state index is 0.00120. The highest BCUT2D eigenvalue weighted by Gasteiger charge is 2.36. The fourth-order valence-corrected chi connectivity index (χ4v) is 4.07. The predicted molar refractivity (Wildman–Crippen MR) is 125 cm³/mol. The lowest BCUT2D eigenvalue weighted by atomic mass is 10.1. The Labute approximate surface area is 195 Å². The fourth-order valence-electron chi connectivity index (χ4n) is 4.07. The maximum Gasteiger partial charge on any atom is 0.331 e. The second-order valence-electron chi connectivity index (χ2n) is 8.08. The van der Waals surface area contributed by atoms with Crippen LogP contribution in [0.1, 0.15) is 28.1 Å². The quantitative estimate of drug-likeness (QED) is 0.269. The van der Waals surface area contributed by atoms with Crippen LogP contribution in [0.5, 0.6) is 0 Å². The number of aryl methyl sites for hydroxylation is 2. The summed E-state index contributed by atoms with van der Waals surface area (Å²) in [6, 6.07) is 14.7. The Morgan fingerprint density at radius 2 is 1.71 bits per heavy atom. The van der Waals surface area contributed by atoms with E-state index in [0.717, 1.165) is 27.5 Å². The van der Waals surface area contributed by atoms with Gasteiger partial charge in [-0.2, -0.15) is 0 Å². The molecule has 0 spiro atoms. The van der Waals surface area contributed by atoms with E-state index in [-0.39, 0.29) is 17.8 Å². The molecule has 1 fully saturated rings. The monoisotopic (exact) mass is 458 g/mol. The van der Waals surface area contributed by atoms with E-state index in [2.05, 4.69) is 5.32 Å². The molecule has 0 atom stereocenters. The first-order chi connectivity index (χ1) is 16.2. The van der Waals surface area contributed by atoms with Crippen LogP contribution < -0.4 is 5.32 Å². The molecule has 1 aliphatic heterocycles. The van der Waals surface area contributed by atoms with Gasteiger partial charge in [0, 0.05) is 29.2 Å². The van der Waals surface area contributed by atoms with Crippen molar-refractivity contribution in [1.82, 2.24) is 14.8 Å². The summed E-state index contributed by atoms with van der Waals surface area (Å²) in [5.41, 5.74) is 4.27. The first-order valence-corrected chi connectivity index (χ1v) is 10.5. The number of rotatable bonds is 5. The van der Waals surface area contributed by atoms with Crippen LogP contribution in [0.4, 0.5) is 10.5 Å². The minimum atomic E-state index is -0.761. The highest BCUT2D eigenvalue weighted by Crippen LogP contribution is 2.28. The van der Waals surface area contributed by atoms with Gasteiger partial charge in [-0.3, -0.25) is 29.9 Å². The smallest absolute Gasteiger partial charge is 0.318 e. The number of amides is 4. The van der Waals surface area contributed by atoms with Crippen molar-refractivity contribution in [3.05, 3.63) is 98.4 Å². The minimum Gasteiger partial charge on any atom is -0.318 e. The third kappa shape index (κ3) is 4.11. The van der Waals surface area contributed by atoms with Gasteiger partial charge in [-0.15, -0.1) is 0 Å². The molecule has 0 radical (unpaired) electrons. The van der Waals surface area contributed by atoms with Crippen LogP contribution in [0.15, 0.2) is 60.2 Å². The number of aromatic nitrogens is 1. The SMILES string of the molecule is Cc1cc([N+](=O)[O-])ccc1-n1c(C)cc(/C=C2\C(=O)NC(=O)N(Cc3ccccc3)C2=O)c1C. The molecule has 0 saturated carbocycles. The van der Waals surface area contributed by atoms with Crippen LogP contribution in [-0.2, 0) is 16.1 Å². The van der Waals surface area contributed by atoms with Crippen molar-refractivity contribution in [3.8, 4) is 5.69 Å². The van der Waals surface area contributed by atoms with Gasteiger partial charge >= 0.3 is 6.03 Å². The number of non-ortho nitro benzene ring substituents is 1. The van der Waals surface area contributed by atoms with Gasteiger partial charge < -0.3 is 4.57 Å². The number of nitro benzene ring substituents is 1. The number of nitro groups is 1. The van der Waals surface area contributed by atoms with Crippen molar-refractivity contribution in [2.75, 3.05) is 0 Å². The largest absolute Gasteiger partial charge is 0.331 e. The van der Waals surface area contributed by atoms with Gasteiger partial charge in [0.15, 0.2) is 0 Å². The molecular formula is C25H22N4O5. The van der Waals surface area contributed by atoms with Crippen LogP contribution in [0.2, 0.25) is 0 Å². The number of imide groups is 2. The van der Waals surface area contributed by atoms with Crippen LogP contribution in [-0.4, -0.2) is 32.2 Å². The molecule has 172 valence electrons. The molecule has 1 aromatic heterocycles. The summed E-state index contributed by atoms with van der Waals surface area (Å²) in [5.74, 6) is -1.43. The molecule has 9 nitrogen and oxygen atoms in total. The number of carbonyl (C=O) groups excluding carboxylic acids is 3. The first-order valence-electron chi connectivity index (χ1n) is 10.5. The lowest BCUT2D eigenvalue weighted by Crippen LogP contribution is -2.53. The highest BCUT2D eigenvalue weighted by atomic mass is 16.6. The van der Waals surface area contributed by atoms with E-state index in [9.17, 15) is 24.5 Å². The second-order valence-corrected chi connectivity index (χ2v) is 8.08. The normalized spacial score (nSPS) is 15.1. The average molecular weight is 458 g/mol. The molecule has 4 amide bonds. The fraction of sp³-hybridized carbons (Fsp3) is 0.160. The maximum absolute atomic E-state index is 13.1. The maximum atomic E-state index is 13.1. The Hall–Kier alpha value is -4.53. The molecule has 4 rings (SSSR count). The zero-order valence-electron chi connectivity index (χ0n) is 18.9. The Morgan fingerprint density at radius 3 is 2.35 bits per heavy atom. The Kier molecular flexibility index (Phi) is 5.85. The van der Waals surface area contributed by atoms with E-state index >= 15 is 0 Å². The van der Waals surface area contributed by atoms with Crippen LogP contribution in [0, 0.1) is 30.9 Å². The number of hydrogen-bond donors (Lipinski definition) is 1. The van der Waals surface area contributed by atoms with Gasteiger partial charge in [0.2, 0.25) is 0 Å².